The molecule has 23 heavy (non-hydrogen) atoms. The zero-order valence-electron chi connectivity index (χ0n) is 11.9. The van der Waals surface area contributed by atoms with Gasteiger partial charge in [-0.2, -0.15) is 12.6 Å². The number of hydrogen-bond donors (Lipinski definition) is 7. The second-order valence-electron chi connectivity index (χ2n) is 4.34. The van der Waals surface area contributed by atoms with E-state index in [9.17, 15) is 24.0 Å². The lowest BCUT2D eigenvalue weighted by molar-refractivity contribution is -0.141. The van der Waals surface area contributed by atoms with Crippen molar-refractivity contribution < 1.29 is 34.2 Å². The minimum atomic E-state index is -1.48. The van der Waals surface area contributed by atoms with Gasteiger partial charge in [0.2, 0.25) is 17.7 Å². The average Bonchev–Trinajstić information content (AvgIpc) is 2.48. The van der Waals surface area contributed by atoms with E-state index in [1.807, 2.05) is 5.32 Å². The summed E-state index contributed by atoms with van der Waals surface area (Å²) in [6, 6.07) is -2.39. The Labute approximate surface area is 136 Å². The Hall–Kier alpha value is -2.34. The summed E-state index contributed by atoms with van der Waals surface area (Å²) in [7, 11) is 0. The third-order valence-electron chi connectivity index (χ3n) is 2.40. The first-order valence-corrected chi connectivity index (χ1v) is 6.95. The van der Waals surface area contributed by atoms with E-state index in [2.05, 4.69) is 23.3 Å². The lowest BCUT2D eigenvalue weighted by Gasteiger charge is -2.17. The zero-order chi connectivity index (χ0) is 18.0. The number of nitrogens with one attached hydrogen (secondary N) is 3. The van der Waals surface area contributed by atoms with Crippen LogP contribution >= 0.6 is 12.6 Å². The molecule has 0 bridgehead atoms. The van der Waals surface area contributed by atoms with Crippen molar-refractivity contribution in [1.82, 2.24) is 16.0 Å². The van der Waals surface area contributed by atoms with Crippen LogP contribution in [0, 0.1) is 0 Å². The zero-order valence-corrected chi connectivity index (χ0v) is 12.8. The highest BCUT2D eigenvalue weighted by Crippen LogP contribution is 1.93. The molecule has 2 unspecified atom stereocenters. The number of carbonyl (C=O) groups is 5. The highest BCUT2D eigenvalue weighted by atomic mass is 32.1. The Balaban J connectivity index is 4.54. The van der Waals surface area contributed by atoms with Crippen molar-refractivity contribution in [3.05, 3.63) is 0 Å². The Bertz CT molecular complexity index is 485. The Morgan fingerprint density at radius 1 is 0.957 bits per heavy atom. The highest BCUT2D eigenvalue weighted by Gasteiger charge is 2.24. The molecule has 130 valence electrons. The van der Waals surface area contributed by atoms with E-state index in [0.717, 1.165) is 0 Å². The normalized spacial score (nSPS) is 12.6. The molecule has 0 spiro atoms. The molecule has 0 aliphatic heterocycles. The SMILES string of the molecule is NC(CS)C(=O)NCC(=O)NC(CC(=O)O)C(=O)NCC(=O)O. The van der Waals surface area contributed by atoms with Gasteiger partial charge in [0.25, 0.3) is 0 Å². The summed E-state index contributed by atoms with van der Waals surface area (Å²) in [5, 5.41) is 23.4. The van der Waals surface area contributed by atoms with Crippen LogP contribution in [-0.2, 0) is 24.0 Å². The molecule has 0 heterocycles. The Morgan fingerprint density at radius 2 is 1.52 bits per heavy atom. The van der Waals surface area contributed by atoms with Crippen molar-refractivity contribution >= 4 is 42.3 Å². The maximum atomic E-state index is 11.6. The van der Waals surface area contributed by atoms with E-state index >= 15 is 0 Å². The fourth-order valence-electron chi connectivity index (χ4n) is 1.30. The van der Waals surface area contributed by atoms with Gasteiger partial charge >= 0.3 is 11.9 Å². The van der Waals surface area contributed by atoms with Gasteiger partial charge in [0.1, 0.15) is 12.6 Å². The molecule has 0 aliphatic carbocycles. The Kier molecular flexibility index (Phi) is 9.34. The predicted octanol–water partition coefficient (Wildman–Crippen LogP) is -3.48. The quantitative estimate of drug-likeness (QED) is 0.198. The summed E-state index contributed by atoms with van der Waals surface area (Å²) in [6.45, 7) is -1.25. The average molecular weight is 350 g/mol. The van der Waals surface area contributed by atoms with Crippen molar-refractivity contribution in [1.29, 1.82) is 0 Å². The number of carboxylic acid groups (broad SMARTS) is 2. The number of amides is 3. The number of rotatable bonds is 10. The number of hydrogen-bond acceptors (Lipinski definition) is 7. The topological polar surface area (TPSA) is 188 Å². The minimum absolute atomic E-state index is 0.0622. The van der Waals surface area contributed by atoms with E-state index in [-0.39, 0.29) is 5.75 Å². The molecule has 12 heteroatoms. The van der Waals surface area contributed by atoms with Crippen molar-refractivity contribution in [2.24, 2.45) is 5.73 Å². The van der Waals surface area contributed by atoms with Crippen molar-refractivity contribution in [3.8, 4) is 0 Å². The largest absolute Gasteiger partial charge is 0.481 e. The maximum Gasteiger partial charge on any atom is 0.322 e. The summed E-state index contributed by atoms with van der Waals surface area (Å²) in [6.07, 6.45) is -0.749. The van der Waals surface area contributed by atoms with E-state index < -0.39 is 61.3 Å². The monoisotopic (exact) mass is 350 g/mol. The molecule has 0 aromatic rings. The molecule has 0 saturated carbocycles. The van der Waals surface area contributed by atoms with Crippen molar-refractivity contribution in [3.63, 3.8) is 0 Å². The van der Waals surface area contributed by atoms with Crippen LogP contribution in [0.3, 0.4) is 0 Å². The summed E-state index contributed by atoms with van der Waals surface area (Å²) >= 11 is 3.81. The highest BCUT2D eigenvalue weighted by molar-refractivity contribution is 7.80. The molecule has 11 nitrogen and oxygen atoms in total. The van der Waals surface area contributed by atoms with Crippen molar-refractivity contribution in [2.45, 2.75) is 18.5 Å². The molecule has 0 aromatic carbocycles. The number of nitrogens with two attached hydrogens (primary N) is 1. The lowest BCUT2D eigenvalue weighted by atomic mass is 10.2. The summed E-state index contributed by atoms with van der Waals surface area (Å²) < 4.78 is 0. The van der Waals surface area contributed by atoms with Gasteiger partial charge in [-0.15, -0.1) is 0 Å². The minimum Gasteiger partial charge on any atom is -0.481 e. The van der Waals surface area contributed by atoms with Crippen LogP contribution in [0.1, 0.15) is 6.42 Å². The molecule has 0 aliphatic rings. The van der Waals surface area contributed by atoms with E-state index in [1.54, 1.807) is 0 Å². The van der Waals surface area contributed by atoms with Gasteiger partial charge < -0.3 is 31.9 Å². The molecule has 0 saturated heterocycles. The van der Waals surface area contributed by atoms with Crippen LogP contribution in [-0.4, -0.2) is 70.8 Å². The molecule has 0 radical (unpaired) electrons. The maximum absolute atomic E-state index is 11.6. The molecule has 0 aromatic heterocycles. The van der Waals surface area contributed by atoms with Gasteiger partial charge in [-0.25, -0.2) is 0 Å². The van der Waals surface area contributed by atoms with Gasteiger partial charge in [0.05, 0.1) is 19.0 Å². The van der Waals surface area contributed by atoms with Crippen LogP contribution in [0.25, 0.3) is 0 Å². The van der Waals surface area contributed by atoms with Crippen molar-refractivity contribution in [2.75, 3.05) is 18.8 Å². The fourth-order valence-corrected chi connectivity index (χ4v) is 1.46. The van der Waals surface area contributed by atoms with E-state index in [0.29, 0.717) is 0 Å². The first-order valence-electron chi connectivity index (χ1n) is 6.32. The van der Waals surface area contributed by atoms with E-state index in [4.69, 9.17) is 15.9 Å². The first-order chi connectivity index (χ1) is 10.7. The van der Waals surface area contributed by atoms with Gasteiger partial charge in [0.15, 0.2) is 0 Å². The van der Waals surface area contributed by atoms with Crippen LogP contribution < -0.4 is 21.7 Å². The van der Waals surface area contributed by atoms with Gasteiger partial charge in [-0.05, 0) is 0 Å². The van der Waals surface area contributed by atoms with Crippen LogP contribution in [0.15, 0.2) is 0 Å². The lowest BCUT2D eigenvalue weighted by Crippen LogP contribution is -2.52. The summed E-state index contributed by atoms with van der Waals surface area (Å²) in [5.74, 6) is -5.08. The van der Waals surface area contributed by atoms with Crippen LogP contribution in [0.2, 0.25) is 0 Å². The molecule has 3 amide bonds. The summed E-state index contributed by atoms with van der Waals surface area (Å²) in [4.78, 5) is 55.7. The number of aliphatic carboxylic acids is 2. The third kappa shape index (κ3) is 9.31. The van der Waals surface area contributed by atoms with Crippen LogP contribution in [0.5, 0.6) is 0 Å². The molecule has 2 atom stereocenters. The third-order valence-corrected chi connectivity index (χ3v) is 2.79. The number of carboxylic acids is 2. The number of carbonyl (C=O) groups excluding carboxylic acids is 3. The molecule has 0 fully saturated rings. The van der Waals surface area contributed by atoms with Gasteiger partial charge in [-0.3, -0.25) is 24.0 Å². The van der Waals surface area contributed by atoms with Gasteiger partial charge in [0, 0.05) is 5.75 Å². The predicted molar refractivity (Wildman–Crippen MR) is 79.7 cm³/mol. The van der Waals surface area contributed by atoms with Gasteiger partial charge in [-0.1, -0.05) is 0 Å². The number of thiol groups is 1. The molecular weight excluding hydrogens is 332 g/mol. The fraction of sp³-hybridized carbons (Fsp3) is 0.545. The van der Waals surface area contributed by atoms with E-state index in [1.165, 1.54) is 0 Å². The molecule has 0 rings (SSSR count). The second-order valence-corrected chi connectivity index (χ2v) is 4.70. The summed E-state index contributed by atoms with van der Waals surface area (Å²) in [5.41, 5.74) is 5.37. The Morgan fingerprint density at radius 3 is 2.00 bits per heavy atom. The molecule has 7 N–H and O–H groups in total. The second kappa shape index (κ2) is 10.4. The smallest absolute Gasteiger partial charge is 0.322 e. The first kappa shape index (κ1) is 20.7. The van der Waals surface area contributed by atoms with Crippen LogP contribution in [0.4, 0.5) is 0 Å². The standard InChI is InChI=1S/C11H18N4O7S/c12-5(4-23)10(21)13-2-7(16)15-6(1-8(17)18)11(22)14-3-9(19)20/h5-6,23H,1-4,12H2,(H,13,21)(H,14,22)(H,15,16)(H,17,18)(H,19,20). The molecular formula is C11H18N4O7S.